The van der Waals surface area contributed by atoms with Crippen molar-refractivity contribution in [3.8, 4) is 6.07 Å². The number of nitrogens with zero attached hydrogens (tertiary/aromatic N) is 1. The van der Waals surface area contributed by atoms with Crippen molar-refractivity contribution in [3.05, 3.63) is 33.8 Å². The lowest BCUT2D eigenvalue weighted by Gasteiger charge is -2.12. The molecule has 0 heterocycles. The molecule has 0 aliphatic carbocycles. The number of hydrogen-bond acceptors (Lipinski definition) is 3. The maximum absolute atomic E-state index is 8.74. The number of hydrogen-bond donors (Lipinski definition) is 1. The van der Waals surface area contributed by atoms with Crippen molar-refractivity contribution < 1.29 is 4.84 Å². The monoisotopic (exact) mass is 254 g/mol. The van der Waals surface area contributed by atoms with Gasteiger partial charge in [0, 0.05) is 10.4 Å². The van der Waals surface area contributed by atoms with E-state index in [2.05, 4.69) is 26.8 Å². The minimum atomic E-state index is 0.169. The highest BCUT2D eigenvalue weighted by molar-refractivity contribution is 9.10. The molecule has 0 amide bonds. The van der Waals surface area contributed by atoms with Gasteiger partial charge in [-0.05, 0) is 23.8 Å². The Morgan fingerprint density at radius 2 is 2.36 bits per heavy atom. The van der Waals surface area contributed by atoms with E-state index in [-0.39, 0.29) is 5.92 Å². The largest absolute Gasteiger partial charge is 0.304 e. The number of halogens is 1. The lowest BCUT2D eigenvalue weighted by molar-refractivity contribution is 0.126. The predicted molar refractivity (Wildman–Crippen MR) is 57.4 cm³/mol. The van der Waals surface area contributed by atoms with E-state index in [4.69, 9.17) is 11.2 Å². The first kappa shape index (κ1) is 11.2. The van der Waals surface area contributed by atoms with Gasteiger partial charge in [-0.1, -0.05) is 22.9 Å². The average Bonchev–Trinajstić information content (AvgIpc) is 2.19. The summed E-state index contributed by atoms with van der Waals surface area (Å²) in [5.41, 5.74) is 1.68. The van der Waals surface area contributed by atoms with Gasteiger partial charge in [0.25, 0.3) is 0 Å². The summed E-state index contributed by atoms with van der Waals surface area (Å²) in [7, 11) is 0. The third-order valence-corrected chi connectivity index (χ3v) is 2.72. The predicted octanol–water partition coefficient (Wildman–Crippen LogP) is 2.31. The second kappa shape index (κ2) is 5.11. The van der Waals surface area contributed by atoms with Gasteiger partial charge in [0.2, 0.25) is 0 Å². The van der Waals surface area contributed by atoms with Crippen LogP contribution < -0.4 is 5.90 Å². The second-order valence-electron chi connectivity index (χ2n) is 3.08. The molecule has 1 aromatic rings. The molecule has 0 radical (unpaired) electrons. The Bertz CT molecular complexity index is 360. The number of benzene rings is 1. The summed E-state index contributed by atoms with van der Waals surface area (Å²) in [5, 5.41) is 8.74. The molecular formula is C10H11BrN2O. The van der Waals surface area contributed by atoms with Gasteiger partial charge in [-0.15, -0.1) is 0 Å². The Morgan fingerprint density at radius 3 is 2.93 bits per heavy atom. The Labute approximate surface area is 91.6 Å². The van der Waals surface area contributed by atoms with Crippen molar-refractivity contribution in [1.29, 1.82) is 5.26 Å². The maximum Gasteiger partial charge on any atom is 0.0991 e. The third kappa shape index (κ3) is 2.55. The first-order valence-electron chi connectivity index (χ1n) is 4.20. The van der Waals surface area contributed by atoms with Gasteiger partial charge in [0.05, 0.1) is 18.2 Å². The Morgan fingerprint density at radius 1 is 1.64 bits per heavy atom. The molecule has 0 saturated carbocycles. The first-order valence-corrected chi connectivity index (χ1v) is 4.99. The van der Waals surface area contributed by atoms with E-state index in [1.807, 2.05) is 19.1 Å². The molecule has 0 fully saturated rings. The van der Waals surface area contributed by atoms with Crippen LogP contribution in [0.15, 0.2) is 22.7 Å². The Kier molecular flexibility index (Phi) is 4.08. The molecular weight excluding hydrogens is 244 g/mol. The number of rotatable bonds is 3. The zero-order valence-electron chi connectivity index (χ0n) is 7.83. The Hall–Kier alpha value is -0.890. The van der Waals surface area contributed by atoms with Crippen molar-refractivity contribution in [2.75, 3.05) is 6.61 Å². The molecule has 14 heavy (non-hydrogen) atoms. The number of nitrogens with two attached hydrogens (primary N) is 1. The summed E-state index contributed by atoms with van der Waals surface area (Å²) < 4.78 is 0.973. The van der Waals surface area contributed by atoms with Gasteiger partial charge in [-0.3, -0.25) is 0 Å². The van der Waals surface area contributed by atoms with Crippen molar-refractivity contribution in [2.45, 2.75) is 12.8 Å². The van der Waals surface area contributed by atoms with Crippen LogP contribution in [0, 0.1) is 11.3 Å². The summed E-state index contributed by atoms with van der Waals surface area (Å²) in [6.45, 7) is 2.43. The summed E-state index contributed by atoms with van der Waals surface area (Å²) in [4.78, 5) is 4.58. The van der Waals surface area contributed by atoms with E-state index < -0.39 is 0 Å². The summed E-state index contributed by atoms with van der Waals surface area (Å²) in [6, 6.07) is 7.57. The molecule has 1 rings (SSSR count). The lowest BCUT2D eigenvalue weighted by Crippen LogP contribution is -2.09. The van der Waals surface area contributed by atoms with Gasteiger partial charge in [0.1, 0.15) is 0 Å². The Balaban J connectivity index is 3.01. The summed E-state index contributed by atoms with van der Waals surface area (Å²) in [5.74, 6) is 5.18. The smallest absolute Gasteiger partial charge is 0.0991 e. The molecule has 1 unspecified atom stereocenters. The van der Waals surface area contributed by atoms with Crippen LogP contribution in [0.1, 0.15) is 24.0 Å². The molecule has 3 nitrogen and oxygen atoms in total. The SMILES string of the molecule is CC(CON)c1cc(C#N)ccc1Br. The van der Waals surface area contributed by atoms with E-state index >= 15 is 0 Å². The second-order valence-corrected chi connectivity index (χ2v) is 3.94. The maximum atomic E-state index is 8.74. The minimum Gasteiger partial charge on any atom is -0.304 e. The molecule has 0 aliphatic rings. The minimum absolute atomic E-state index is 0.169. The van der Waals surface area contributed by atoms with E-state index in [1.165, 1.54) is 0 Å². The van der Waals surface area contributed by atoms with Gasteiger partial charge < -0.3 is 4.84 Å². The van der Waals surface area contributed by atoms with E-state index in [0.717, 1.165) is 10.0 Å². The molecule has 74 valence electrons. The van der Waals surface area contributed by atoms with Gasteiger partial charge in [-0.25, -0.2) is 5.90 Å². The fraction of sp³-hybridized carbons (Fsp3) is 0.300. The van der Waals surface area contributed by atoms with Crippen LogP contribution in [-0.4, -0.2) is 6.61 Å². The molecule has 0 aliphatic heterocycles. The lowest BCUT2D eigenvalue weighted by atomic mass is 10.0. The van der Waals surface area contributed by atoms with E-state index in [9.17, 15) is 0 Å². The van der Waals surface area contributed by atoms with Crippen LogP contribution >= 0.6 is 15.9 Å². The van der Waals surface area contributed by atoms with Crippen LogP contribution in [0.3, 0.4) is 0 Å². The van der Waals surface area contributed by atoms with Crippen molar-refractivity contribution in [1.82, 2.24) is 0 Å². The van der Waals surface area contributed by atoms with Crippen LogP contribution in [-0.2, 0) is 4.84 Å². The first-order chi connectivity index (χ1) is 6.69. The van der Waals surface area contributed by atoms with Crippen LogP contribution in [0.2, 0.25) is 0 Å². The van der Waals surface area contributed by atoms with Crippen LogP contribution in [0.25, 0.3) is 0 Å². The molecule has 0 bridgehead atoms. The summed E-state index contributed by atoms with van der Waals surface area (Å²) >= 11 is 3.42. The molecule has 0 saturated heterocycles. The quantitative estimate of drug-likeness (QED) is 0.843. The van der Waals surface area contributed by atoms with Crippen molar-refractivity contribution in [3.63, 3.8) is 0 Å². The zero-order chi connectivity index (χ0) is 10.6. The highest BCUT2D eigenvalue weighted by atomic mass is 79.9. The fourth-order valence-corrected chi connectivity index (χ4v) is 1.86. The molecule has 1 aromatic carbocycles. The highest BCUT2D eigenvalue weighted by Gasteiger charge is 2.10. The van der Waals surface area contributed by atoms with Crippen LogP contribution in [0.4, 0.5) is 0 Å². The van der Waals surface area contributed by atoms with Gasteiger partial charge >= 0.3 is 0 Å². The topological polar surface area (TPSA) is 59.0 Å². The normalized spacial score (nSPS) is 12.1. The van der Waals surface area contributed by atoms with E-state index in [0.29, 0.717) is 12.2 Å². The van der Waals surface area contributed by atoms with Crippen molar-refractivity contribution >= 4 is 15.9 Å². The molecule has 2 N–H and O–H groups in total. The third-order valence-electron chi connectivity index (χ3n) is 2.00. The molecule has 4 heteroatoms. The number of nitriles is 1. The summed E-state index contributed by atoms with van der Waals surface area (Å²) in [6.07, 6.45) is 0. The van der Waals surface area contributed by atoms with Gasteiger partial charge in [0.15, 0.2) is 0 Å². The average molecular weight is 255 g/mol. The fourth-order valence-electron chi connectivity index (χ4n) is 1.23. The highest BCUT2D eigenvalue weighted by Crippen LogP contribution is 2.25. The van der Waals surface area contributed by atoms with Gasteiger partial charge in [-0.2, -0.15) is 5.26 Å². The van der Waals surface area contributed by atoms with Crippen LogP contribution in [0.5, 0.6) is 0 Å². The molecule has 0 spiro atoms. The molecule has 1 atom stereocenters. The standard InChI is InChI=1S/C10H11BrN2O/c1-7(6-14-13)9-4-8(5-12)2-3-10(9)11/h2-4,7H,6,13H2,1H3. The molecule has 0 aromatic heterocycles. The van der Waals surface area contributed by atoms with Crippen molar-refractivity contribution in [2.24, 2.45) is 5.90 Å². The van der Waals surface area contributed by atoms with E-state index in [1.54, 1.807) is 6.07 Å². The zero-order valence-corrected chi connectivity index (χ0v) is 9.41.